The van der Waals surface area contributed by atoms with Gasteiger partial charge < -0.3 is 5.73 Å². The summed E-state index contributed by atoms with van der Waals surface area (Å²) in [6, 6.07) is 5.86. The van der Waals surface area contributed by atoms with Crippen LogP contribution in [0.3, 0.4) is 0 Å². The van der Waals surface area contributed by atoms with Crippen LogP contribution in [0, 0.1) is 6.92 Å². The molecule has 0 aliphatic carbocycles. The largest absolute Gasteiger partial charge is 0.398 e. The van der Waals surface area contributed by atoms with Crippen molar-refractivity contribution in [3.8, 4) is 0 Å². The first-order valence-corrected chi connectivity index (χ1v) is 7.25. The minimum atomic E-state index is -3.72. The van der Waals surface area contributed by atoms with Gasteiger partial charge >= 0.3 is 0 Å². The molecule has 3 N–H and O–H groups in total. The highest BCUT2D eigenvalue weighted by molar-refractivity contribution is 7.92. The van der Waals surface area contributed by atoms with Crippen molar-refractivity contribution in [2.45, 2.75) is 11.8 Å². The molecule has 1 heterocycles. The van der Waals surface area contributed by atoms with Crippen molar-refractivity contribution < 1.29 is 8.42 Å². The molecule has 0 aliphatic heterocycles. The Bertz CT molecular complexity index is 679. The highest BCUT2D eigenvalue weighted by atomic mass is 35.5. The normalized spacial score (nSPS) is 11.3. The van der Waals surface area contributed by atoms with E-state index in [4.69, 9.17) is 17.3 Å². The van der Waals surface area contributed by atoms with Gasteiger partial charge in [-0.3, -0.25) is 9.71 Å². The van der Waals surface area contributed by atoms with E-state index in [0.717, 1.165) is 0 Å². The zero-order valence-corrected chi connectivity index (χ0v) is 11.7. The Kier molecular flexibility index (Phi) is 3.64. The maximum atomic E-state index is 12.2. The van der Waals surface area contributed by atoms with Gasteiger partial charge in [-0.25, -0.2) is 8.42 Å². The molecule has 0 fully saturated rings. The Labute approximate surface area is 116 Å². The van der Waals surface area contributed by atoms with Gasteiger partial charge in [0, 0.05) is 23.1 Å². The Balaban J connectivity index is 2.40. The molecular weight excluding hydrogens is 286 g/mol. The molecule has 1 aromatic carbocycles. The average Bonchev–Trinajstić information content (AvgIpc) is 2.36. The summed E-state index contributed by atoms with van der Waals surface area (Å²) < 4.78 is 26.8. The van der Waals surface area contributed by atoms with Gasteiger partial charge in [0.2, 0.25) is 0 Å². The van der Waals surface area contributed by atoms with Crippen molar-refractivity contribution in [2.75, 3.05) is 10.5 Å². The number of hydrogen-bond donors (Lipinski definition) is 2. The number of rotatable bonds is 3. The summed E-state index contributed by atoms with van der Waals surface area (Å²) in [7, 11) is -3.72. The molecule has 0 saturated carbocycles. The molecular formula is C12H12ClN3O2S. The molecule has 0 radical (unpaired) electrons. The predicted molar refractivity (Wildman–Crippen MR) is 75.6 cm³/mol. The van der Waals surface area contributed by atoms with Crippen LogP contribution in [-0.4, -0.2) is 13.4 Å². The van der Waals surface area contributed by atoms with E-state index >= 15 is 0 Å². The molecule has 1 aromatic heterocycles. The van der Waals surface area contributed by atoms with Crippen LogP contribution in [0.4, 0.5) is 11.4 Å². The van der Waals surface area contributed by atoms with Crippen LogP contribution < -0.4 is 10.5 Å². The summed E-state index contributed by atoms with van der Waals surface area (Å²) in [4.78, 5) is 3.84. The second-order valence-corrected chi connectivity index (χ2v) is 6.05. The maximum absolute atomic E-state index is 12.2. The molecule has 0 atom stereocenters. The van der Waals surface area contributed by atoms with Crippen molar-refractivity contribution in [3.05, 3.63) is 47.2 Å². The lowest BCUT2D eigenvalue weighted by atomic mass is 10.2. The molecule has 0 bridgehead atoms. The van der Waals surface area contributed by atoms with Crippen LogP contribution in [0.25, 0.3) is 0 Å². The molecule has 0 spiro atoms. The first kappa shape index (κ1) is 13.6. The second-order valence-electron chi connectivity index (χ2n) is 3.96. The topological polar surface area (TPSA) is 85.1 Å². The molecule has 7 heteroatoms. The van der Waals surface area contributed by atoms with Crippen LogP contribution in [0.2, 0.25) is 5.02 Å². The van der Waals surface area contributed by atoms with E-state index in [0.29, 0.717) is 22.0 Å². The third kappa shape index (κ3) is 2.97. The number of pyridine rings is 1. The van der Waals surface area contributed by atoms with Crippen LogP contribution in [0.1, 0.15) is 5.56 Å². The number of nitrogens with two attached hydrogens (primary N) is 1. The molecule has 0 saturated heterocycles. The summed E-state index contributed by atoms with van der Waals surface area (Å²) >= 11 is 5.95. The van der Waals surface area contributed by atoms with E-state index in [-0.39, 0.29) is 4.90 Å². The standard InChI is InChI=1S/C12H12ClN3O2S/c1-8-11(13)6-10(7-12(8)14)19(17,18)16-9-2-4-15-5-3-9/h2-7H,14H2,1H3,(H,15,16). The number of aromatic nitrogens is 1. The van der Waals surface area contributed by atoms with Gasteiger partial charge in [-0.05, 0) is 36.8 Å². The third-order valence-electron chi connectivity index (χ3n) is 2.60. The molecule has 5 nitrogen and oxygen atoms in total. The zero-order chi connectivity index (χ0) is 14.0. The number of nitrogens with one attached hydrogen (secondary N) is 1. The molecule has 0 aliphatic rings. The summed E-state index contributed by atoms with van der Waals surface area (Å²) in [6.45, 7) is 1.73. The van der Waals surface area contributed by atoms with Crippen LogP contribution in [0.15, 0.2) is 41.6 Å². The number of benzene rings is 1. The van der Waals surface area contributed by atoms with Gasteiger partial charge in [0.25, 0.3) is 10.0 Å². The lowest BCUT2D eigenvalue weighted by molar-refractivity contribution is 0.601. The SMILES string of the molecule is Cc1c(N)cc(S(=O)(=O)Nc2ccncc2)cc1Cl. The lowest BCUT2D eigenvalue weighted by Crippen LogP contribution is -2.13. The number of sulfonamides is 1. The number of anilines is 2. The first-order chi connectivity index (χ1) is 8.90. The fraction of sp³-hybridized carbons (Fsp3) is 0.0833. The van der Waals surface area contributed by atoms with E-state index in [1.54, 1.807) is 19.1 Å². The molecule has 19 heavy (non-hydrogen) atoms. The minimum absolute atomic E-state index is 0.0254. The first-order valence-electron chi connectivity index (χ1n) is 5.38. The zero-order valence-electron chi connectivity index (χ0n) is 10.1. The number of nitrogen functional groups attached to an aromatic ring is 1. The summed E-state index contributed by atoms with van der Waals surface area (Å²) in [5.41, 5.74) is 7.14. The summed E-state index contributed by atoms with van der Waals surface area (Å²) in [6.07, 6.45) is 2.99. The number of halogens is 1. The Morgan fingerprint density at radius 1 is 1.26 bits per heavy atom. The number of hydrogen-bond acceptors (Lipinski definition) is 4. The highest BCUT2D eigenvalue weighted by Crippen LogP contribution is 2.26. The van der Waals surface area contributed by atoms with Crippen molar-refractivity contribution in [2.24, 2.45) is 0 Å². The monoisotopic (exact) mass is 297 g/mol. The van der Waals surface area contributed by atoms with Gasteiger partial charge in [-0.15, -0.1) is 0 Å². The molecule has 0 unspecified atom stereocenters. The smallest absolute Gasteiger partial charge is 0.262 e. The fourth-order valence-corrected chi connectivity index (χ4v) is 2.87. The van der Waals surface area contributed by atoms with E-state index in [1.165, 1.54) is 24.5 Å². The van der Waals surface area contributed by atoms with Gasteiger partial charge in [-0.2, -0.15) is 0 Å². The van der Waals surface area contributed by atoms with Gasteiger partial charge in [-0.1, -0.05) is 11.6 Å². The average molecular weight is 298 g/mol. The van der Waals surface area contributed by atoms with Crippen LogP contribution in [-0.2, 0) is 10.0 Å². The van der Waals surface area contributed by atoms with E-state index < -0.39 is 10.0 Å². The molecule has 2 aromatic rings. The Morgan fingerprint density at radius 3 is 2.47 bits per heavy atom. The second kappa shape index (κ2) is 5.07. The maximum Gasteiger partial charge on any atom is 0.262 e. The van der Waals surface area contributed by atoms with Crippen molar-refractivity contribution in [1.82, 2.24) is 4.98 Å². The van der Waals surface area contributed by atoms with E-state index in [1.807, 2.05) is 0 Å². The van der Waals surface area contributed by atoms with Crippen molar-refractivity contribution in [3.63, 3.8) is 0 Å². The minimum Gasteiger partial charge on any atom is -0.398 e. The molecule has 100 valence electrons. The van der Waals surface area contributed by atoms with E-state index in [2.05, 4.69) is 9.71 Å². The van der Waals surface area contributed by atoms with Crippen molar-refractivity contribution >= 4 is 33.0 Å². The van der Waals surface area contributed by atoms with Crippen molar-refractivity contribution in [1.29, 1.82) is 0 Å². The fourth-order valence-electron chi connectivity index (χ4n) is 1.46. The Morgan fingerprint density at radius 2 is 1.89 bits per heavy atom. The number of nitrogens with zero attached hydrogens (tertiary/aromatic N) is 1. The molecule has 2 rings (SSSR count). The summed E-state index contributed by atoms with van der Waals surface area (Å²) in [5.74, 6) is 0. The van der Waals surface area contributed by atoms with E-state index in [9.17, 15) is 8.42 Å². The Hall–Kier alpha value is -1.79. The highest BCUT2D eigenvalue weighted by Gasteiger charge is 2.16. The van der Waals surface area contributed by atoms with Crippen LogP contribution >= 0.6 is 11.6 Å². The molecule has 0 amide bonds. The van der Waals surface area contributed by atoms with Crippen LogP contribution in [0.5, 0.6) is 0 Å². The lowest BCUT2D eigenvalue weighted by Gasteiger charge is -2.10. The van der Waals surface area contributed by atoms with Gasteiger partial charge in [0.1, 0.15) is 0 Å². The third-order valence-corrected chi connectivity index (χ3v) is 4.35. The quantitative estimate of drug-likeness (QED) is 0.852. The van der Waals surface area contributed by atoms with Gasteiger partial charge in [0.05, 0.1) is 10.6 Å². The van der Waals surface area contributed by atoms with Gasteiger partial charge in [0.15, 0.2) is 0 Å². The summed E-state index contributed by atoms with van der Waals surface area (Å²) in [5, 5.41) is 0.315. The predicted octanol–water partition coefficient (Wildman–Crippen LogP) is 2.43.